The van der Waals surface area contributed by atoms with Crippen LogP contribution in [-0.4, -0.2) is 52.2 Å². The second-order valence-corrected chi connectivity index (χ2v) is 8.89. The summed E-state index contributed by atoms with van der Waals surface area (Å²) in [6.07, 6.45) is 1.78. The maximum absolute atomic E-state index is 13.1. The van der Waals surface area contributed by atoms with Crippen LogP contribution >= 0.6 is 11.6 Å². The third-order valence-electron chi connectivity index (χ3n) is 6.38. The first-order valence-corrected chi connectivity index (χ1v) is 11.5. The van der Waals surface area contributed by atoms with Crippen molar-refractivity contribution >= 4 is 28.3 Å². The standard InChI is InChI=1S/C25H26ClN5O2/c1-17-6-8-18(9-7-17)19-16-27-23-22(19)28-25(33)31(24(23)32)15-12-29-10-13-30(14-11-29)21-5-3-2-4-20(21)26/h2-9,16,27H,10-15H2,1H3,(H,28,33). The minimum atomic E-state index is -0.379. The molecule has 1 saturated heterocycles. The van der Waals surface area contributed by atoms with Crippen LogP contribution in [0.3, 0.4) is 0 Å². The van der Waals surface area contributed by atoms with Gasteiger partial charge in [-0.05, 0) is 24.6 Å². The normalized spacial score (nSPS) is 14.8. The number of halogens is 1. The first kappa shape index (κ1) is 21.6. The number of fused-ring (bicyclic) bond motifs is 1. The van der Waals surface area contributed by atoms with Crippen molar-refractivity contribution in [2.45, 2.75) is 13.5 Å². The average Bonchev–Trinajstić information content (AvgIpc) is 3.24. The Kier molecular flexibility index (Phi) is 5.83. The number of aryl methyl sites for hydroxylation is 1. The number of benzene rings is 2. The highest BCUT2D eigenvalue weighted by Gasteiger charge is 2.20. The van der Waals surface area contributed by atoms with Gasteiger partial charge in [-0.15, -0.1) is 0 Å². The molecule has 5 rings (SSSR count). The van der Waals surface area contributed by atoms with Crippen LogP contribution in [0.5, 0.6) is 0 Å². The zero-order valence-electron chi connectivity index (χ0n) is 18.5. The summed E-state index contributed by atoms with van der Waals surface area (Å²) < 4.78 is 1.29. The second kappa shape index (κ2) is 8.92. The lowest BCUT2D eigenvalue weighted by molar-refractivity contribution is 0.246. The van der Waals surface area contributed by atoms with E-state index in [0.29, 0.717) is 24.1 Å². The van der Waals surface area contributed by atoms with Crippen LogP contribution in [0.1, 0.15) is 5.56 Å². The van der Waals surface area contributed by atoms with Crippen LogP contribution < -0.4 is 16.1 Å². The van der Waals surface area contributed by atoms with E-state index in [-0.39, 0.29) is 11.2 Å². The third-order valence-corrected chi connectivity index (χ3v) is 6.70. The molecule has 0 unspecified atom stereocenters. The molecule has 8 heteroatoms. The highest BCUT2D eigenvalue weighted by Crippen LogP contribution is 2.26. The molecule has 1 aliphatic heterocycles. The van der Waals surface area contributed by atoms with Gasteiger partial charge in [0.15, 0.2) is 0 Å². The van der Waals surface area contributed by atoms with Crippen molar-refractivity contribution < 1.29 is 0 Å². The molecule has 7 nitrogen and oxygen atoms in total. The van der Waals surface area contributed by atoms with E-state index in [0.717, 1.165) is 53.6 Å². The van der Waals surface area contributed by atoms with E-state index in [1.807, 2.05) is 55.5 Å². The Bertz CT molecular complexity index is 1400. The summed E-state index contributed by atoms with van der Waals surface area (Å²) in [6.45, 7) is 6.40. The van der Waals surface area contributed by atoms with Crippen LogP contribution in [0.4, 0.5) is 5.69 Å². The molecule has 0 aliphatic carbocycles. The van der Waals surface area contributed by atoms with Crippen LogP contribution in [0.25, 0.3) is 22.2 Å². The molecule has 0 bridgehead atoms. The van der Waals surface area contributed by atoms with Gasteiger partial charge in [-0.25, -0.2) is 4.79 Å². The van der Waals surface area contributed by atoms with Crippen LogP contribution in [0.15, 0.2) is 64.3 Å². The highest BCUT2D eigenvalue weighted by atomic mass is 35.5. The van der Waals surface area contributed by atoms with Crippen molar-refractivity contribution in [3.63, 3.8) is 0 Å². The third kappa shape index (κ3) is 4.21. The minimum absolute atomic E-state index is 0.290. The largest absolute Gasteiger partial charge is 0.368 e. The zero-order chi connectivity index (χ0) is 22.9. The molecule has 0 atom stereocenters. The van der Waals surface area contributed by atoms with E-state index in [4.69, 9.17) is 11.6 Å². The van der Waals surface area contributed by atoms with Crippen molar-refractivity contribution in [2.24, 2.45) is 0 Å². The number of anilines is 1. The Morgan fingerprint density at radius 2 is 1.64 bits per heavy atom. The second-order valence-electron chi connectivity index (χ2n) is 8.49. The summed E-state index contributed by atoms with van der Waals surface area (Å²) >= 11 is 6.33. The Hall–Kier alpha value is -3.29. The fourth-order valence-corrected chi connectivity index (χ4v) is 4.70. The predicted molar refractivity (Wildman–Crippen MR) is 133 cm³/mol. The first-order valence-electron chi connectivity index (χ1n) is 11.1. The fourth-order valence-electron chi connectivity index (χ4n) is 4.45. The van der Waals surface area contributed by atoms with Gasteiger partial charge in [-0.3, -0.25) is 14.3 Å². The zero-order valence-corrected chi connectivity index (χ0v) is 19.2. The van der Waals surface area contributed by atoms with Crippen molar-refractivity contribution in [2.75, 3.05) is 37.6 Å². The van der Waals surface area contributed by atoms with Gasteiger partial charge < -0.3 is 14.9 Å². The number of H-pyrrole nitrogens is 2. The monoisotopic (exact) mass is 463 g/mol. The van der Waals surface area contributed by atoms with Crippen LogP contribution in [-0.2, 0) is 6.54 Å². The average molecular weight is 464 g/mol. The smallest absolute Gasteiger partial charge is 0.328 e. The molecule has 1 aliphatic rings. The number of para-hydroxylation sites is 1. The van der Waals surface area contributed by atoms with Gasteiger partial charge in [0, 0.05) is 51.0 Å². The molecule has 2 aromatic heterocycles. The van der Waals surface area contributed by atoms with Crippen LogP contribution in [0.2, 0.25) is 5.02 Å². The molecule has 0 radical (unpaired) electrons. The Morgan fingerprint density at radius 3 is 2.36 bits per heavy atom. The number of aromatic nitrogens is 3. The molecule has 170 valence electrons. The summed E-state index contributed by atoms with van der Waals surface area (Å²) in [5.41, 5.74) is 4.29. The highest BCUT2D eigenvalue weighted by molar-refractivity contribution is 6.33. The van der Waals surface area contributed by atoms with Crippen molar-refractivity contribution in [3.05, 3.63) is 86.2 Å². The lowest BCUT2D eigenvalue weighted by Gasteiger charge is -2.36. The maximum Gasteiger partial charge on any atom is 0.328 e. The van der Waals surface area contributed by atoms with Gasteiger partial charge >= 0.3 is 5.69 Å². The molecule has 1 fully saturated rings. The van der Waals surface area contributed by atoms with Gasteiger partial charge in [0.2, 0.25) is 0 Å². The van der Waals surface area contributed by atoms with Gasteiger partial charge in [0.05, 0.1) is 16.2 Å². The van der Waals surface area contributed by atoms with Crippen molar-refractivity contribution in [1.82, 2.24) is 19.4 Å². The van der Waals surface area contributed by atoms with E-state index in [9.17, 15) is 9.59 Å². The number of nitrogens with zero attached hydrogens (tertiary/aromatic N) is 3. The molecular weight excluding hydrogens is 438 g/mol. The lowest BCUT2D eigenvalue weighted by Crippen LogP contribution is -2.48. The minimum Gasteiger partial charge on any atom is -0.368 e. The van der Waals surface area contributed by atoms with Gasteiger partial charge in [-0.2, -0.15) is 0 Å². The molecule has 0 saturated carbocycles. The lowest BCUT2D eigenvalue weighted by atomic mass is 10.1. The SMILES string of the molecule is Cc1ccc(-c2c[nH]c3c(=O)n(CCN4CCN(c5ccccc5Cl)CC4)c(=O)[nH]c23)cc1. The van der Waals surface area contributed by atoms with Gasteiger partial charge in [-0.1, -0.05) is 53.6 Å². The van der Waals surface area contributed by atoms with E-state index < -0.39 is 0 Å². The topological polar surface area (TPSA) is 77.1 Å². The number of rotatable bonds is 5. The van der Waals surface area contributed by atoms with E-state index >= 15 is 0 Å². The summed E-state index contributed by atoms with van der Waals surface area (Å²) in [5.74, 6) is 0. The molecule has 4 aromatic rings. The summed E-state index contributed by atoms with van der Waals surface area (Å²) in [4.78, 5) is 36.4. The molecule has 0 amide bonds. The van der Waals surface area contributed by atoms with E-state index in [2.05, 4.69) is 19.8 Å². The molecule has 3 heterocycles. The van der Waals surface area contributed by atoms with Crippen molar-refractivity contribution in [3.8, 4) is 11.1 Å². The molecule has 0 spiro atoms. The number of nitrogens with one attached hydrogen (secondary N) is 2. The summed E-state index contributed by atoms with van der Waals surface area (Å²) in [6, 6.07) is 15.9. The molecule has 2 aromatic carbocycles. The van der Waals surface area contributed by atoms with Gasteiger partial charge in [0.25, 0.3) is 5.56 Å². The molecule has 33 heavy (non-hydrogen) atoms. The number of hydrogen-bond acceptors (Lipinski definition) is 4. The Morgan fingerprint density at radius 1 is 0.909 bits per heavy atom. The quantitative estimate of drug-likeness (QED) is 0.475. The number of hydrogen-bond donors (Lipinski definition) is 2. The van der Waals surface area contributed by atoms with Gasteiger partial charge in [0.1, 0.15) is 5.52 Å². The summed E-state index contributed by atoms with van der Waals surface area (Å²) in [5, 5.41) is 0.758. The number of aromatic amines is 2. The predicted octanol–water partition coefficient (Wildman–Crippen LogP) is 3.47. The summed E-state index contributed by atoms with van der Waals surface area (Å²) in [7, 11) is 0. The Balaban J connectivity index is 1.30. The van der Waals surface area contributed by atoms with Crippen molar-refractivity contribution in [1.29, 1.82) is 0 Å². The molecule has 2 N–H and O–H groups in total. The van der Waals surface area contributed by atoms with E-state index in [1.54, 1.807) is 6.20 Å². The maximum atomic E-state index is 13.1. The first-order chi connectivity index (χ1) is 16.0. The molecular formula is C25H26ClN5O2. The Labute approximate surface area is 196 Å². The number of piperazine rings is 1. The van der Waals surface area contributed by atoms with E-state index in [1.165, 1.54) is 4.57 Å². The van der Waals surface area contributed by atoms with Crippen LogP contribution in [0, 0.1) is 6.92 Å². The fraction of sp³-hybridized carbons (Fsp3) is 0.280.